The Morgan fingerprint density at radius 2 is 1.80 bits per heavy atom. The lowest BCUT2D eigenvalue weighted by Gasteiger charge is -2.36. The van der Waals surface area contributed by atoms with E-state index in [2.05, 4.69) is 30.3 Å². The summed E-state index contributed by atoms with van der Waals surface area (Å²) in [5, 5.41) is 6.40. The number of likely N-dealkylation sites (tertiary alicyclic amines) is 1. The lowest BCUT2D eigenvalue weighted by Crippen LogP contribution is -2.51. The minimum atomic E-state index is -4.65. The molecule has 0 aliphatic carbocycles. The molecule has 2 aromatic heterocycles. The van der Waals surface area contributed by atoms with Crippen molar-refractivity contribution in [3.05, 3.63) is 66.2 Å². The number of piperidine rings is 1. The summed E-state index contributed by atoms with van der Waals surface area (Å²) in [5.74, 6) is -0.0948. The third-order valence-electron chi connectivity index (χ3n) is 7.70. The molecule has 262 valence electrons. The van der Waals surface area contributed by atoms with Crippen LogP contribution in [0.25, 0.3) is 22.0 Å². The second-order valence-electron chi connectivity index (χ2n) is 12.7. The number of rotatable bonds is 9. The SMILES string of the molecule is CO[C@@H](CNc1c(F)ccc2c(Oc3ncccc3-c3ccnc(N[C@@H]4C[C@@H](F)CN(C(=O)OC(C)(C)C)C4)n3)c(C)ccc12)C(F)(F)F. The van der Waals surface area contributed by atoms with E-state index in [0.29, 0.717) is 33.3 Å². The van der Waals surface area contributed by atoms with Gasteiger partial charge in [-0.1, -0.05) is 12.1 Å². The van der Waals surface area contributed by atoms with E-state index < -0.39 is 48.6 Å². The fraction of sp³-hybridized carbons (Fsp3) is 0.412. The molecule has 15 heteroatoms. The zero-order chi connectivity index (χ0) is 35.5. The molecule has 4 aromatic rings. The van der Waals surface area contributed by atoms with Crippen LogP contribution in [0.1, 0.15) is 32.8 Å². The molecule has 0 spiro atoms. The Labute approximate surface area is 280 Å². The van der Waals surface area contributed by atoms with Crippen molar-refractivity contribution in [1.82, 2.24) is 19.9 Å². The quantitative estimate of drug-likeness (QED) is 0.171. The van der Waals surface area contributed by atoms with Gasteiger partial charge in [0.25, 0.3) is 0 Å². The van der Waals surface area contributed by atoms with Crippen molar-refractivity contribution in [3.8, 4) is 22.9 Å². The molecule has 3 atom stereocenters. The molecular weight excluding hydrogens is 651 g/mol. The molecule has 0 bridgehead atoms. The Morgan fingerprint density at radius 3 is 2.51 bits per heavy atom. The standard InChI is InChI=1S/C34H37F5N6O4/c1-19-8-9-22-23(10-11-25(36)28(22)42-16-27(47-5)34(37,38)39)29(19)48-30-24(7-6-13-40-30)26-12-14-41-31(44-26)43-21-15-20(35)17-45(18-21)32(46)49-33(2,3)4/h6-14,20-21,27,42H,15-18H2,1-5H3,(H,41,43,44)/t20-,21-,27+/m1/s1. The Hall–Kier alpha value is -4.79. The number of hydrogen-bond donors (Lipinski definition) is 2. The van der Waals surface area contributed by atoms with Crippen molar-refractivity contribution in [1.29, 1.82) is 0 Å². The van der Waals surface area contributed by atoms with Gasteiger partial charge in [0.2, 0.25) is 11.8 Å². The maximum absolute atomic E-state index is 15.0. The Bertz CT molecular complexity index is 1800. The van der Waals surface area contributed by atoms with Crippen molar-refractivity contribution in [2.45, 2.75) is 64.2 Å². The monoisotopic (exact) mass is 688 g/mol. The molecule has 1 aliphatic heterocycles. The van der Waals surface area contributed by atoms with Gasteiger partial charge in [-0.15, -0.1) is 0 Å². The number of nitrogens with one attached hydrogen (secondary N) is 2. The van der Waals surface area contributed by atoms with Crippen LogP contribution >= 0.6 is 0 Å². The molecule has 1 aliphatic rings. The van der Waals surface area contributed by atoms with E-state index in [4.69, 9.17) is 9.47 Å². The van der Waals surface area contributed by atoms with Crippen LogP contribution in [-0.4, -0.2) is 82.8 Å². The van der Waals surface area contributed by atoms with Crippen molar-refractivity contribution < 1.29 is 41.0 Å². The summed E-state index contributed by atoms with van der Waals surface area (Å²) < 4.78 is 85.8. The number of hydrogen-bond acceptors (Lipinski definition) is 9. The molecule has 3 heterocycles. The molecule has 2 aromatic carbocycles. The Balaban J connectivity index is 1.40. The van der Waals surface area contributed by atoms with E-state index in [9.17, 15) is 26.7 Å². The number of ether oxygens (including phenoxy) is 3. The number of anilines is 2. The van der Waals surface area contributed by atoms with Crippen LogP contribution in [0.15, 0.2) is 54.9 Å². The molecule has 5 rings (SSSR count). The summed E-state index contributed by atoms with van der Waals surface area (Å²) in [6.07, 6.45) is -5.51. The van der Waals surface area contributed by atoms with E-state index in [0.717, 1.165) is 13.2 Å². The van der Waals surface area contributed by atoms with Gasteiger partial charge in [0.1, 0.15) is 23.3 Å². The third kappa shape index (κ3) is 8.63. The number of aromatic nitrogens is 3. The molecule has 0 saturated carbocycles. The fourth-order valence-corrected chi connectivity index (χ4v) is 5.45. The average Bonchev–Trinajstić information content (AvgIpc) is 3.02. The van der Waals surface area contributed by atoms with Gasteiger partial charge in [-0.2, -0.15) is 13.2 Å². The number of benzene rings is 2. The average molecular weight is 689 g/mol. The van der Waals surface area contributed by atoms with Gasteiger partial charge < -0.3 is 29.7 Å². The first-order chi connectivity index (χ1) is 23.1. The molecule has 1 saturated heterocycles. The topological polar surface area (TPSA) is 111 Å². The number of amides is 1. The highest BCUT2D eigenvalue weighted by molar-refractivity contribution is 5.99. The summed E-state index contributed by atoms with van der Waals surface area (Å²) in [6, 6.07) is 10.4. The highest BCUT2D eigenvalue weighted by Gasteiger charge is 2.40. The number of fused-ring (bicyclic) bond motifs is 1. The summed E-state index contributed by atoms with van der Waals surface area (Å²) in [4.78, 5) is 27.2. The van der Waals surface area contributed by atoms with Gasteiger partial charge in [-0.05, 0) is 63.6 Å². The maximum Gasteiger partial charge on any atom is 0.416 e. The van der Waals surface area contributed by atoms with Crippen LogP contribution in [0, 0.1) is 12.7 Å². The number of nitrogens with zero attached hydrogens (tertiary/aromatic N) is 4. The first-order valence-corrected chi connectivity index (χ1v) is 15.5. The predicted octanol–water partition coefficient (Wildman–Crippen LogP) is 7.68. The number of halogens is 5. The molecule has 0 radical (unpaired) electrons. The highest BCUT2D eigenvalue weighted by Crippen LogP contribution is 2.40. The number of methoxy groups -OCH3 is 1. The van der Waals surface area contributed by atoms with Crippen LogP contribution in [0.5, 0.6) is 11.6 Å². The van der Waals surface area contributed by atoms with Crippen molar-refractivity contribution in [2.75, 3.05) is 37.4 Å². The molecular formula is C34H37F5N6O4. The van der Waals surface area contributed by atoms with Crippen molar-refractivity contribution >= 4 is 28.5 Å². The van der Waals surface area contributed by atoms with Crippen LogP contribution in [0.3, 0.4) is 0 Å². The Kier molecular flexibility index (Phi) is 10.4. The molecule has 1 amide bonds. The summed E-state index contributed by atoms with van der Waals surface area (Å²) >= 11 is 0. The zero-order valence-electron chi connectivity index (χ0n) is 27.6. The lowest BCUT2D eigenvalue weighted by molar-refractivity contribution is -0.207. The lowest BCUT2D eigenvalue weighted by atomic mass is 10.0. The molecule has 2 N–H and O–H groups in total. The predicted molar refractivity (Wildman–Crippen MR) is 174 cm³/mol. The largest absolute Gasteiger partial charge is 0.444 e. The third-order valence-corrected chi connectivity index (χ3v) is 7.70. The van der Waals surface area contributed by atoms with E-state index in [1.54, 1.807) is 58.0 Å². The normalized spacial score (nSPS) is 17.5. The second kappa shape index (κ2) is 14.4. The highest BCUT2D eigenvalue weighted by atomic mass is 19.4. The van der Waals surface area contributed by atoms with Crippen LogP contribution in [0.2, 0.25) is 0 Å². The first-order valence-electron chi connectivity index (χ1n) is 15.5. The number of carbonyl (C=O) groups excluding carboxylic acids is 1. The summed E-state index contributed by atoms with van der Waals surface area (Å²) in [7, 11) is 0.936. The second-order valence-corrected chi connectivity index (χ2v) is 12.7. The van der Waals surface area contributed by atoms with Gasteiger partial charge in [0, 0.05) is 49.3 Å². The van der Waals surface area contributed by atoms with Gasteiger partial charge in [-0.25, -0.2) is 28.5 Å². The fourth-order valence-electron chi connectivity index (χ4n) is 5.45. The minimum Gasteiger partial charge on any atom is -0.444 e. The van der Waals surface area contributed by atoms with Crippen LogP contribution in [0.4, 0.5) is 38.4 Å². The van der Waals surface area contributed by atoms with E-state index in [-0.39, 0.29) is 37.0 Å². The van der Waals surface area contributed by atoms with Crippen LogP contribution in [-0.2, 0) is 9.47 Å². The number of aryl methyl sites for hydroxylation is 1. The number of carbonyl (C=O) groups is 1. The maximum atomic E-state index is 15.0. The minimum absolute atomic E-state index is 0.0800. The molecule has 0 unspecified atom stereocenters. The zero-order valence-corrected chi connectivity index (χ0v) is 27.6. The van der Waals surface area contributed by atoms with Gasteiger partial charge in [0.15, 0.2) is 6.10 Å². The van der Waals surface area contributed by atoms with Crippen LogP contribution < -0.4 is 15.4 Å². The van der Waals surface area contributed by atoms with Crippen molar-refractivity contribution in [2.24, 2.45) is 0 Å². The van der Waals surface area contributed by atoms with Gasteiger partial charge in [0.05, 0.1) is 30.0 Å². The van der Waals surface area contributed by atoms with E-state index in [1.165, 1.54) is 23.4 Å². The van der Waals surface area contributed by atoms with Crippen molar-refractivity contribution in [3.63, 3.8) is 0 Å². The molecule has 1 fully saturated rings. The van der Waals surface area contributed by atoms with Gasteiger partial charge >= 0.3 is 12.3 Å². The van der Waals surface area contributed by atoms with E-state index >= 15 is 0 Å². The number of alkyl halides is 4. The summed E-state index contributed by atoms with van der Waals surface area (Å²) in [5.41, 5.74) is 0.685. The molecule has 49 heavy (non-hydrogen) atoms. The summed E-state index contributed by atoms with van der Waals surface area (Å²) in [6.45, 7) is 6.39. The Morgan fingerprint density at radius 1 is 1.04 bits per heavy atom. The molecule has 10 nitrogen and oxygen atoms in total. The smallest absolute Gasteiger partial charge is 0.416 e. The first kappa shape index (κ1) is 35.5. The number of pyridine rings is 1. The van der Waals surface area contributed by atoms with Gasteiger partial charge in [-0.3, -0.25) is 0 Å². The van der Waals surface area contributed by atoms with E-state index in [1.807, 2.05) is 0 Å².